The second-order valence-corrected chi connectivity index (χ2v) is 12.2. The van der Waals surface area contributed by atoms with Gasteiger partial charge in [-0.3, -0.25) is 14.4 Å². The average molecular weight is 523 g/mol. The quantitative estimate of drug-likeness (QED) is 0.348. The summed E-state index contributed by atoms with van der Waals surface area (Å²) in [6, 6.07) is 6.24. The highest BCUT2D eigenvalue weighted by Gasteiger charge is 2.54. The Bertz CT molecular complexity index is 1110. The molecule has 3 saturated heterocycles. The molecule has 4 aliphatic rings. The lowest BCUT2D eigenvalue weighted by molar-refractivity contribution is -0.140. The van der Waals surface area contributed by atoms with Crippen LogP contribution < -0.4 is 5.32 Å². The maximum absolute atomic E-state index is 13.7. The first kappa shape index (κ1) is 26.7. The monoisotopic (exact) mass is 522 g/mol. The Morgan fingerprint density at radius 2 is 1.82 bits per heavy atom. The van der Waals surface area contributed by atoms with Crippen LogP contribution >= 0.6 is 0 Å². The molecule has 0 radical (unpaired) electrons. The number of hydrogen-bond acceptors (Lipinski definition) is 6. The number of carbonyl (C=O) groups excluding carboxylic acids is 3. The minimum atomic E-state index is -0.871. The molecule has 1 saturated carbocycles. The van der Waals surface area contributed by atoms with Gasteiger partial charge in [0.05, 0.1) is 12.1 Å². The molecule has 10 heteroatoms. The molecule has 0 spiro atoms. The summed E-state index contributed by atoms with van der Waals surface area (Å²) in [6.45, 7) is 7.87. The first-order valence-electron chi connectivity index (χ1n) is 13.8. The van der Waals surface area contributed by atoms with E-state index in [0.29, 0.717) is 11.5 Å². The van der Waals surface area contributed by atoms with Crippen LogP contribution in [0.2, 0.25) is 0 Å². The number of nitrogens with zero attached hydrogens (tertiary/aromatic N) is 5. The predicted octanol–water partition coefficient (Wildman–Crippen LogP) is 3.42. The second-order valence-electron chi connectivity index (χ2n) is 12.2. The fraction of sp³-hybridized carbons (Fsp3) is 0.679. The van der Waals surface area contributed by atoms with Crippen molar-refractivity contribution >= 4 is 17.6 Å². The van der Waals surface area contributed by atoms with E-state index in [0.717, 1.165) is 32.0 Å². The summed E-state index contributed by atoms with van der Waals surface area (Å²) in [4.78, 5) is 46.4. The van der Waals surface area contributed by atoms with Crippen LogP contribution in [-0.2, 0) is 14.3 Å². The average Bonchev–Trinajstić information content (AvgIpc) is 3.42. The highest BCUT2D eigenvalue weighted by Crippen LogP contribution is 2.34. The minimum Gasteiger partial charge on any atom is -0.367 e. The number of ether oxygens (including phenoxy) is 1. The molecule has 4 fully saturated rings. The van der Waals surface area contributed by atoms with Gasteiger partial charge in [0.25, 0.3) is 5.91 Å². The molecule has 0 aromatic heterocycles. The number of amides is 2. The number of piperidine rings is 1. The van der Waals surface area contributed by atoms with E-state index >= 15 is 0 Å². The fourth-order valence-electron chi connectivity index (χ4n) is 6.31. The van der Waals surface area contributed by atoms with Gasteiger partial charge in [-0.1, -0.05) is 44.4 Å². The topological polar surface area (TPSA) is 128 Å². The number of likely N-dealkylation sites (tertiary alicyclic amines) is 2. The van der Waals surface area contributed by atoms with Crippen LogP contribution in [-0.4, -0.2) is 83.9 Å². The summed E-state index contributed by atoms with van der Waals surface area (Å²) in [7, 11) is 0. The van der Waals surface area contributed by atoms with Crippen molar-refractivity contribution in [1.29, 1.82) is 0 Å². The lowest BCUT2D eigenvalue weighted by Gasteiger charge is -2.42. The van der Waals surface area contributed by atoms with E-state index in [1.54, 1.807) is 0 Å². The molecule has 0 unspecified atom stereocenters. The molecule has 5 rings (SSSR count). The zero-order valence-electron chi connectivity index (χ0n) is 22.5. The van der Waals surface area contributed by atoms with E-state index in [2.05, 4.69) is 20.2 Å². The standard InChI is InChI=1S/C28H38N6O4/c1-28(2,3)25(27(37)34-15-21(31-32-29)24-23(34)22(35)16-38-24)30-26(36)19-9-7-17(8-10-19)18-11-13-33(14-12-18)20-5-4-6-20/h7-10,18,20-21,23-25H,4-6,11-16H2,1-3H3,(H,30,36)/t21-,23-,24-,25-/m1/s1. The number of nitrogens with one attached hydrogen (secondary N) is 1. The fourth-order valence-corrected chi connectivity index (χ4v) is 6.31. The van der Waals surface area contributed by atoms with Gasteiger partial charge in [0, 0.05) is 23.1 Å². The molecule has 3 aliphatic heterocycles. The molecule has 1 aromatic carbocycles. The summed E-state index contributed by atoms with van der Waals surface area (Å²) in [5.41, 5.74) is 10.1. The maximum Gasteiger partial charge on any atom is 0.251 e. The van der Waals surface area contributed by atoms with Crippen LogP contribution in [0.25, 0.3) is 10.4 Å². The van der Waals surface area contributed by atoms with E-state index in [9.17, 15) is 14.4 Å². The molecule has 4 atom stereocenters. The van der Waals surface area contributed by atoms with Gasteiger partial charge in [0.1, 0.15) is 18.7 Å². The summed E-state index contributed by atoms with van der Waals surface area (Å²) in [5.74, 6) is -0.413. The zero-order chi connectivity index (χ0) is 27.0. The molecule has 1 aliphatic carbocycles. The molecule has 3 heterocycles. The number of Topliss-reactive ketones (excluding diaryl/α,β-unsaturated/α-hetero) is 1. The third-order valence-corrected chi connectivity index (χ3v) is 8.79. The van der Waals surface area contributed by atoms with Crippen molar-refractivity contribution in [3.05, 3.63) is 45.8 Å². The van der Waals surface area contributed by atoms with Crippen molar-refractivity contribution in [2.75, 3.05) is 26.2 Å². The van der Waals surface area contributed by atoms with Gasteiger partial charge in [-0.05, 0) is 73.3 Å². The lowest BCUT2D eigenvalue weighted by Crippen LogP contribution is -2.57. The van der Waals surface area contributed by atoms with E-state index in [1.165, 1.54) is 29.7 Å². The van der Waals surface area contributed by atoms with E-state index in [-0.39, 0.29) is 30.7 Å². The number of ketones is 1. The van der Waals surface area contributed by atoms with Crippen molar-refractivity contribution in [1.82, 2.24) is 15.1 Å². The first-order valence-corrected chi connectivity index (χ1v) is 13.8. The van der Waals surface area contributed by atoms with Crippen LogP contribution in [0.4, 0.5) is 0 Å². The molecule has 1 aromatic rings. The Morgan fingerprint density at radius 3 is 2.39 bits per heavy atom. The largest absolute Gasteiger partial charge is 0.367 e. The van der Waals surface area contributed by atoms with Crippen LogP contribution in [0, 0.1) is 5.41 Å². The van der Waals surface area contributed by atoms with Crippen molar-refractivity contribution in [3.63, 3.8) is 0 Å². The smallest absolute Gasteiger partial charge is 0.251 e. The molecular formula is C28H38N6O4. The lowest BCUT2D eigenvalue weighted by atomic mass is 9.84. The number of rotatable bonds is 6. The summed E-state index contributed by atoms with van der Waals surface area (Å²) in [5, 5.41) is 6.68. The normalized spacial score (nSPS) is 27.4. The van der Waals surface area contributed by atoms with Crippen LogP contribution in [0.1, 0.15) is 74.7 Å². The van der Waals surface area contributed by atoms with Crippen molar-refractivity contribution in [2.24, 2.45) is 10.5 Å². The number of fused-ring (bicyclic) bond motifs is 1. The third-order valence-electron chi connectivity index (χ3n) is 8.79. The number of carbonyl (C=O) groups is 3. The molecule has 2 amide bonds. The maximum atomic E-state index is 13.7. The number of hydrogen-bond donors (Lipinski definition) is 1. The highest BCUT2D eigenvalue weighted by atomic mass is 16.5. The van der Waals surface area contributed by atoms with E-state index in [1.807, 2.05) is 45.0 Å². The van der Waals surface area contributed by atoms with Gasteiger partial charge in [0.15, 0.2) is 5.78 Å². The van der Waals surface area contributed by atoms with Gasteiger partial charge in [-0.25, -0.2) is 0 Å². The van der Waals surface area contributed by atoms with Crippen molar-refractivity contribution in [2.45, 2.75) is 89.1 Å². The van der Waals surface area contributed by atoms with Crippen molar-refractivity contribution < 1.29 is 19.1 Å². The zero-order valence-corrected chi connectivity index (χ0v) is 22.5. The predicted molar refractivity (Wildman–Crippen MR) is 142 cm³/mol. The van der Waals surface area contributed by atoms with Gasteiger partial charge in [0.2, 0.25) is 5.91 Å². The molecule has 1 N–H and O–H groups in total. The van der Waals surface area contributed by atoms with Gasteiger partial charge < -0.3 is 19.9 Å². The third kappa shape index (κ3) is 5.17. The van der Waals surface area contributed by atoms with Gasteiger partial charge in [-0.15, -0.1) is 0 Å². The summed E-state index contributed by atoms with van der Waals surface area (Å²) in [6.07, 6.45) is 5.66. The van der Waals surface area contributed by atoms with Crippen LogP contribution in [0.3, 0.4) is 0 Å². The van der Waals surface area contributed by atoms with Crippen LogP contribution in [0.5, 0.6) is 0 Å². The Morgan fingerprint density at radius 1 is 1.13 bits per heavy atom. The Balaban J connectivity index is 1.25. The summed E-state index contributed by atoms with van der Waals surface area (Å²) >= 11 is 0. The Kier molecular flexibility index (Phi) is 7.49. The van der Waals surface area contributed by atoms with Crippen LogP contribution in [0.15, 0.2) is 29.4 Å². The molecular weight excluding hydrogens is 484 g/mol. The van der Waals surface area contributed by atoms with Gasteiger partial charge >= 0.3 is 0 Å². The second kappa shape index (κ2) is 10.7. The number of azide groups is 1. The van der Waals surface area contributed by atoms with Gasteiger partial charge in [-0.2, -0.15) is 0 Å². The highest BCUT2D eigenvalue weighted by molar-refractivity contribution is 5.99. The van der Waals surface area contributed by atoms with Crippen molar-refractivity contribution in [3.8, 4) is 0 Å². The van der Waals surface area contributed by atoms with E-state index < -0.39 is 29.6 Å². The SMILES string of the molecule is CC(C)(C)[C@H](NC(=O)c1ccc(C2CCN(C3CCC3)CC2)cc1)C(=O)N1C[C@@H](N=[N+]=[N-])[C@H]2OCC(=O)[C@H]21. The Labute approximate surface area is 223 Å². The molecule has 10 nitrogen and oxygen atoms in total. The molecule has 204 valence electrons. The molecule has 0 bridgehead atoms. The molecule has 38 heavy (non-hydrogen) atoms. The first-order chi connectivity index (χ1) is 18.2. The van der Waals surface area contributed by atoms with E-state index in [4.69, 9.17) is 10.3 Å². The summed E-state index contributed by atoms with van der Waals surface area (Å²) < 4.78 is 5.54. The minimum absolute atomic E-state index is 0.0840. The Hall–Kier alpha value is -2.94. The number of benzene rings is 1.